The third-order valence-corrected chi connectivity index (χ3v) is 3.17. The lowest BCUT2D eigenvalue weighted by molar-refractivity contribution is -0.117. The number of amides is 1. The number of anilines is 1. The molecule has 1 aromatic carbocycles. The van der Waals surface area contributed by atoms with Crippen molar-refractivity contribution in [2.75, 3.05) is 18.6 Å². The number of carbonyl (C=O) groups is 1. The van der Waals surface area contributed by atoms with Gasteiger partial charge >= 0.3 is 0 Å². The number of halogens is 1. The maximum Gasteiger partial charge on any atom is 0.227 e. The van der Waals surface area contributed by atoms with Crippen LogP contribution in [0.2, 0.25) is 5.02 Å². The second-order valence-corrected chi connectivity index (χ2v) is 4.39. The average molecular weight is 256 g/mol. The van der Waals surface area contributed by atoms with E-state index in [1.165, 1.54) is 0 Å². The van der Waals surface area contributed by atoms with E-state index >= 15 is 0 Å². The van der Waals surface area contributed by atoms with Crippen LogP contribution >= 0.6 is 11.6 Å². The van der Waals surface area contributed by atoms with E-state index in [-0.39, 0.29) is 18.6 Å². The van der Waals surface area contributed by atoms with Gasteiger partial charge < -0.3 is 14.7 Å². The molecule has 1 fully saturated rings. The van der Waals surface area contributed by atoms with E-state index in [1.54, 1.807) is 30.2 Å². The topological polar surface area (TPSA) is 49.8 Å². The van der Waals surface area contributed by atoms with Gasteiger partial charge in [-0.05, 0) is 24.6 Å². The fourth-order valence-electron chi connectivity index (χ4n) is 2.10. The molecule has 5 heteroatoms. The Hall–Kier alpha value is -1.26. The summed E-state index contributed by atoms with van der Waals surface area (Å²) in [5.41, 5.74) is 0.626. The van der Waals surface area contributed by atoms with Gasteiger partial charge in [-0.2, -0.15) is 0 Å². The summed E-state index contributed by atoms with van der Waals surface area (Å²) in [6.07, 6.45) is 1.10. The van der Waals surface area contributed by atoms with Crippen molar-refractivity contribution in [3.05, 3.63) is 23.2 Å². The van der Waals surface area contributed by atoms with Crippen molar-refractivity contribution >= 4 is 23.2 Å². The van der Waals surface area contributed by atoms with Crippen LogP contribution in [0.3, 0.4) is 0 Å². The Kier molecular flexibility index (Phi) is 3.54. The molecule has 1 amide bonds. The standard InChI is InChI=1S/C12H14ClNO3/c1-17-11-4-2-8(13)6-10(11)14-9(7-15)3-5-12(14)16/h2,4,6,9,15H,3,5,7H2,1H3. The summed E-state index contributed by atoms with van der Waals surface area (Å²) in [5.74, 6) is 0.577. The van der Waals surface area contributed by atoms with Crippen molar-refractivity contribution in [3.63, 3.8) is 0 Å². The second-order valence-electron chi connectivity index (χ2n) is 3.95. The molecule has 1 aromatic rings. The molecule has 0 aromatic heterocycles. The van der Waals surface area contributed by atoms with Crippen LogP contribution in [0.5, 0.6) is 5.75 Å². The van der Waals surface area contributed by atoms with Crippen molar-refractivity contribution in [3.8, 4) is 5.75 Å². The maximum atomic E-state index is 11.8. The number of hydrogen-bond donors (Lipinski definition) is 1. The number of methoxy groups -OCH3 is 1. The molecule has 2 rings (SSSR count). The van der Waals surface area contributed by atoms with Crippen molar-refractivity contribution in [2.24, 2.45) is 0 Å². The minimum absolute atomic E-state index is 0.00961. The fourth-order valence-corrected chi connectivity index (χ4v) is 2.26. The van der Waals surface area contributed by atoms with E-state index in [0.717, 1.165) is 0 Å². The highest BCUT2D eigenvalue weighted by Gasteiger charge is 2.33. The number of aliphatic hydroxyl groups is 1. The van der Waals surface area contributed by atoms with Gasteiger partial charge in [-0.1, -0.05) is 11.6 Å². The first-order valence-corrected chi connectivity index (χ1v) is 5.81. The number of carbonyl (C=O) groups excluding carboxylic acids is 1. The lowest BCUT2D eigenvalue weighted by atomic mass is 10.2. The lowest BCUT2D eigenvalue weighted by Crippen LogP contribution is -2.35. The van der Waals surface area contributed by atoms with Crippen molar-refractivity contribution in [2.45, 2.75) is 18.9 Å². The Balaban J connectivity index is 2.43. The first-order chi connectivity index (χ1) is 8.17. The Morgan fingerprint density at radius 2 is 2.35 bits per heavy atom. The monoisotopic (exact) mass is 255 g/mol. The molecular formula is C12H14ClNO3. The normalized spacial score (nSPS) is 19.8. The Bertz CT molecular complexity index is 436. The Labute approximate surface area is 105 Å². The highest BCUT2D eigenvalue weighted by molar-refractivity contribution is 6.31. The highest BCUT2D eigenvalue weighted by atomic mass is 35.5. The number of nitrogens with zero attached hydrogens (tertiary/aromatic N) is 1. The van der Waals surface area contributed by atoms with Crippen LogP contribution in [-0.2, 0) is 4.79 Å². The Morgan fingerprint density at radius 3 is 3.00 bits per heavy atom. The van der Waals surface area contributed by atoms with E-state index < -0.39 is 0 Å². The van der Waals surface area contributed by atoms with Crippen LogP contribution in [0, 0.1) is 0 Å². The predicted molar refractivity (Wildman–Crippen MR) is 65.6 cm³/mol. The molecule has 0 aliphatic carbocycles. The third-order valence-electron chi connectivity index (χ3n) is 2.94. The van der Waals surface area contributed by atoms with E-state index in [1.807, 2.05) is 0 Å². The summed E-state index contributed by atoms with van der Waals surface area (Å²) in [6.45, 7) is -0.0542. The number of aliphatic hydroxyl groups excluding tert-OH is 1. The van der Waals surface area contributed by atoms with Crippen molar-refractivity contribution in [1.29, 1.82) is 0 Å². The van der Waals surface area contributed by atoms with Crippen LogP contribution in [0.4, 0.5) is 5.69 Å². The number of benzene rings is 1. The molecule has 92 valence electrons. The number of hydrogen-bond acceptors (Lipinski definition) is 3. The number of rotatable bonds is 3. The molecule has 1 aliphatic rings. The van der Waals surface area contributed by atoms with E-state index in [9.17, 15) is 9.90 Å². The summed E-state index contributed by atoms with van der Waals surface area (Å²) in [7, 11) is 1.54. The summed E-state index contributed by atoms with van der Waals surface area (Å²) in [4.78, 5) is 13.4. The van der Waals surface area contributed by atoms with Gasteiger partial charge in [-0.15, -0.1) is 0 Å². The SMILES string of the molecule is COc1ccc(Cl)cc1N1C(=O)CCC1CO. The van der Waals surface area contributed by atoms with Gasteiger partial charge in [0, 0.05) is 11.4 Å². The van der Waals surface area contributed by atoms with Crippen LogP contribution in [-0.4, -0.2) is 30.8 Å². The highest BCUT2D eigenvalue weighted by Crippen LogP contribution is 2.36. The van der Waals surface area contributed by atoms with E-state index in [2.05, 4.69) is 0 Å². The minimum atomic E-state index is -0.185. The van der Waals surface area contributed by atoms with Gasteiger partial charge in [-0.3, -0.25) is 4.79 Å². The van der Waals surface area contributed by atoms with Gasteiger partial charge in [0.2, 0.25) is 5.91 Å². The summed E-state index contributed by atoms with van der Waals surface area (Å²) in [5, 5.41) is 9.82. The van der Waals surface area contributed by atoms with E-state index in [0.29, 0.717) is 29.3 Å². The van der Waals surface area contributed by atoms with Gasteiger partial charge in [0.15, 0.2) is 0 Å². The zero-order valence-electron chi connectivity index (χ0n) is 9.52. The van der Waals surface area contributed by atoms with Gasteiger partial charge in [0.1, 0.15) is 5.75 Å². The van der Waals surface area contributed by atoms with Gasteiger partial charge in [0.25, 0.3) is 0 Å². The largest absolute Gasteiger partial charge is 0.495 e. The van der Waals surface area contributed by atoms with Crippen LogP contribution in [0.1, 0.15) is 12.8 Å². The average Bonchev–Trinajstić information content (AvgIpc) is 2.70. The maximum absolute atomic E-state index is 11.8. The summed E-state index contributed by atoms with van der Waals surface area (Å²) < 4.78 is 5.22. The molecule has 1 aliphatic heterocycles. The zero-order valence-corrected chi connectivity index (χ0v) is 10.3. The van der Waals surface area contributed by atoms with Crippen LogP contribution in [0.15, 0.2) is 18.2 Å². The summed E-state index contributed by atoms with van der Waals surface area (Å²) >= 11 is 5.93. The Morgan fingerprint density at radius 1 is 1.59 bits per heavy atom. The molecule has 0 radical (unpaired) electrons. The third kappa shape index (κ3) is 2.23. The molecule has 1 heterocycles. The van der Waals surface area contributed by atoms with Gasteiger partial charge in [0.05, 0.1) is 25.4 Å². The fraction of sp³-hybridized carbons (Fsp3) is 0.417. The van der Waals surface area contributed by atoms with Crippen LogP contribution < -0.4 is 9.64 Å². The van der Waals surface area contributed by atoms with Crippen molar-refractivity contribution < 1.29 is 14.6 Å². The quantitative estimate of drug-likeness (QED) is 0.897. The molecule has 1 N–H and O–H groups in total. The van der Waals surface area contributed by atoms with Gasteiger partial charge in [-0.25, -0.2) is 0 Å². The lowest BCUT2D eigenvalue weighted by Gasteiger charge is -2.25. The van der Waals surface area contributed by atoms with Crippen LogP contribution in [0.25, 0.3) is 0 Å². The molecule has 1 saturated heterocycles. The first kappa shape index (κ1) is 12.2. The molecule has 1 atom stereocenters. The molecule has 0 bridgehead atoms. The number of ether oxygens (including phenoxy) is 1. The molecule has 0 spiro atoms. The summed E-state index contributed by atoms with van der Waals surface area (Å²) in [6, 6.07) is 4.93. The second kappa shape index (κ2) is 4.94. The van der Waals surface area contributed by atoms with Crippen molar-refractivity contribution in [1.82, 2.24) is 0 Å². The zero-order chi connectivity index (χ0) is 12.4. The molecule has 0 saturated carbocycles. The predicted octanol–water partition coefficient (Wildman–Crippen LogP) is 1.84. The molecule has 17 heavy (non-hydrogen) atoms. The smallest absolute Gasteiger partial charge is 0.227 e. The first-order valence-electron chi connectivity index (χ1n) is 5.44. The molecule has 4 nitrogen and oxygen atoms in total. The molecular weight excluding hydrogens is 242 g/mol. The minimum Gasteiger partial charge on any atom is -0.495 e. The van der Waals surface area contributed by atoms with E-state index in [4.69, 9.17) is 16.3 Å². The molecule has 1 unspecified atom stereocenters.